The number of halogens is 1. The van der Waals surface area contributed by atoms with Crippen LogP contribution in [0.15, 0.2) is 29.8 Å². The van der Waals surface area contributed by atoms with E-state index in [1.54, 1.807) is 36.1 Å². The number of ether oxygens (including phenoxy) is 1. The van der Waals surface area contributed by atoms with Crippen LogP contribution in [0, 0.1) is 0 Å². The van der Waals surface area contributed by atoms with Gasteiger partial charge in [0.1, 0.15) is 5.75 Å². The summed E-state index contributed by atoms with van der Waals surface area (Å²) in [5.41, 5.74) is 8.41. The first-order valence-corrected chi connectivity index (χ1v) is 5.70. The Labute approximate surface area is 105 Å². The van der Waals surface area contributed by atoms with E-state index >= 15 is 0 Å². The Balaban J connectivity index is 2.41. The summed E-state index contributed by atoms with van der Waals surface area (Å²) in [5, 5.41) is 0. The van der Waals surface area contributed by atoms with Gasteiger partial charge >= 0.3 is 0 Å². The first kappa shape index (κ1) is 11.8. The molecule has 90 valence electrons. The van der Waals surface area contributed by atoms with Crippen LogP contribution in [0.25, 0.3) is 0 Å². The third-order valence-electron chi connectivity index (χ3n) is 2.57. The second kappa shape index (κ2) is 4.67. The molecule has 0 bridgehead atoms. The molecule has 1 atom stereocenters. The molecule has 0 aromatic heterocycles. The Hall–Kier alpha value is -1.68. The molecule has 17 heavy (non-hydrogen) atoms. The number of anilines is 2. The monoisotopic (exact) mass is 252 g/mol. The molecular weight excluding hydrogens is 240 g/mol. The van der Waals surface area contributed by atoms with Gasteiger partial charge in [-0.15, -0.1) is 0 Å². The fourth-order valence-electron chi connectivity index (χ4n) is 1.76. The van der Waals surface area contributed by atoms with Gasteiger partial charge in [0, 0.05) is 23.8 Å². The molecular formula is C12H13ClN2O2. The van der Waals surface area contributed by atoms with Gasteiger partial charge in [-0.05, 0) is 19.1 Å². The highest BCUT2D eigenvalue weighted by Crippen LogP contribution is 2.35. The van der Waals surface area contributed by atoms with E-state index in [1.165, 1.54) is 5.54 Å². The zero-order valence-electron chi connectivity index (χ0n) is 9.39. The Morgan fingerprint density at radius 2 is 2.35 bits per heavy atom. The van der Waals surface area contributed by atoms with Crippen molar-refractivity contribution >= 4 is 28.9 Å². The van der Waals surface area contributed by atoms with Crippen molar-refractivity contribution in [2.75, 3.05) is 17.2 Å². The van der Waals surface area contributed by atoms with E-state index in [4.69, 9.17) is 22.1 Å². The van der Waals surface area contributed by atoms with Crippen molar-refractivity contribution in [1.82, 2.24) is 0 Å². The average Bonchev–Trinajstić information content (AvgIpc) is 2.30. The molecule has 1 amide bonds. The maximum absolute atomic E-state index is 12.0. The normalized spacial score (nSPS) is 19.3. The van der Waals surface area contributed by atoms with Gasteiger partial charge < -0.3 is 15.4 Å². The summed E-state index contributed by atoms with van der Waals surface area (Å²) in [4.78, 5) is 13.6. The van der Waals surface area contributed by atoms with Gasteiger partial charge in [0.2, 0.25) is 0 Å². The maximum atomic E-state index is 12.0. The van der Waals surface area contributed by atoms with Gasteiger partial charge in [-0.3, -0.25) is 4.79 Å². The van der Waals surface area contributed by atoms with E-state index in [9.17, 15) is 4.79 Å². The Bertz CT molecular complexity index is 474. The number of nitrogens with zero attached hydrogens (tertiary/aromatic N) is 1. The molecule has 0 saturated carbocycles. The highest BCUT2D eigenvalue weighted by atomic mass is 35.5. The van der Waals surface area contributed by atoms with Gasteiger partial charge in [-0.2, -0.15) is 0 Å². The number of hydrogen-bond donors (Lipinski definition) is 1. The van der Waals surface area contributed by atoms with Crippen LogP contribution in [0.4, 0.5) is 11.4 Å². The molecule has 1 aliphatic rings. The summed E-state index contributed by atoms with van der Waals surface area (Å²) in [6, 6.07) is 5.23. The lowest BCUT2D eigenvalue weighted by molar-refractivity contribution is -0.125. The van der Waals surface area contributed by atoms with E-state index in [1.807, 2.05) is 0 Å². The van der Waals surface area contributed by atoms with Crippen LogP contribution in [0.3, 0.4) is 0 Å². The Morgan fingerprint density at radius 1 is 1.59 bits per heavy atom. The molecule has 5 heteroatoms. The van der Waals surface area contributed by atoms with Crippen molar-refractivity contribution in [3.8, 4) is 5.75 Å². The first-order valence-electron chi connectivity index (χ1n) is 5.26. The number of fused-ring (bicyclic) bond motifs is 1. The number of hydrogen-bond acceptors (Lipinski definition) is 3. The highest BCUT2D eigenvalue weighted by molar-refractivity contribution is 6.25. The minimum atomic E-state index is -0.506. The molecule has 0 saturated heterocycles. The number of amides is 1. The predicted octanol–water partition coefficient (Wildman–Crippen LogP) is 2.14. The molecule has 1 aliphatic heterocycles. The summed E-state index contributed by atoms with van der Waals surface area (Å²) in [6.07, 6.45) is 1.20. The van der Waals surface area contributed by atoms with Crippen LogP contribution >= 0.6 is 11.6 Å². The van der Waals surface area contributed by atoms with Crippen molar-refractivity contribution in [2.24, 2.45) is 0 Å². The van der Waals surface area contributed by atoms with E-state index in [0.29, 0.717) is 18.0 Å². The smallest absolute Gasteiger partial charge is 0.268 e. The molecule has 1 aromatic rings. The fraction of sp³-hybridized carbons (Fsp3) is 0.250. The van der Waals surface area contributed by atoms with Crippen LogP contribution in [0.2, 0.25) is 0 Å². The summed E-state index contributed by atoms with van der Waals surface area (Å²) in [5.74, 6) is 0.539. The highest BCUT2D eigenvalue weighted by Gasteiger charge is 2.30. The molecule has 4 nitrogen and oxygen atoms in total. The van der Waals surface area contributed by atoms with Gasteiger partial charge in [0.05, 0.1) is 5.69 Å². The molecule has 1 heterocycles. The lowest BCUT2D eigenvalue weighted by Crippen LogP contribution is -2.44. The molecule has 0 aliphatic carbocycles. The van der Waals surface area contributed by atoms with Crippen LogP contribution in [-0.4, -0.2) is 18.6 Å². The number of carbonyl (C=O) groups is 1. The zero-order chi connectivity index (χ0) is 12.4. The summed E-state index contributed by atoms with van der Waals surface area (Å²) < 4.78 is 5.51. The number of rotatable bonds is 2. The SMILES string of the molecule is CC1Oc2cc(N)ccc2N(C/C=C/Cl)C1=O. The van der Waals surface area contributed by atoms with Gasteiger partial charge in [0.25, 0.3) is 5.91 Å². The minimum absolute atomic E-state index is 0.0861. The quantitative estimate of drug-likeness (QED) is 0.821. The zero-order valence-corrected chi connectivity index (χ0v) is 10.1. The van der Waals surface area contributed by atoms with Gasteiger partial charge in [-0.1, -0.05) is 17.7 Å². The largest absolute Gasteiger partial charge is 0.479 e. The predicted molar refractivity (Wildman–Crippen MR) is 68.3 cm³/mol. The van der Waals surface area contributed by atoms with E-state index in [-0.39, 0.29) is 5.91 Å². The standard InChI is InChI=1S/C12H13ClN2O2/c1-8-12(16)15(6-2-5-13)10-4-3-9(14)7-11(10)17-8/h2-5,7-8H,6,14H2,1H3/b5-2+. The summed E-state index contributed by atoms with van der Waals surface area (Å²) in [7, 11) is 0. The number of nitrogens with two attached hydrogens (primary N) is 1. The van der Waals surface area contributed by atoms with Crippen LogP contribution < -0.4 is 15.4 Å². The molecule has 1 unspecified atom stereocenters. The van der Waals surface area contributed by atoms with Crippen LogP contribution in [0.1, 0.15) is 6.92 Å². The Kier molecular flexibility index (Phi) is 3.24. The van der Waals surface area contributed by atoms with Crippen LogP contribution in [-0.2, 0) is 4.79 Å². The topological polar surface area (TPSA) is 55.6 Å². The van der Waals surface area contributed by atoms with Crippen molar-refractivity contribution in [3.05, 3.63) is 29.8 Å². The number of benzene rings is 1. The van der Waals surface area contributed by atoms with Crippen molar-refractivity contribution < 1.29 is 9.53 Å². The first-order chi connectivity index (χ1) is 8.13. The lowest BCUT2D eigenvalue weighted by atomic mass is 10.1. The third kappa shape index (κ3) is 2.22. The van der Waals surface area contributed by atoms with Crippen LogP contribution in [0.5, 0.6) is 5.75 Å². The molecule has 1 aromatic carbocycles. The molecule has 2 rings (SSSR count). The Morgan fingerprint density at radius 3 is 3.06 bits per heavy atom. The average molecular weight is 253 g/mol. The lowest BCUT2D eigenvalue weighted by Gasteiger charge is -2.32. The molecule has 0 radical (unpaired) electrons. The van der Waals surface area contributed by atoms with Gasteiger partial charge in [0.15, 0.2) is 6.10 Å². The number of carbonyl (C=O) groups excluding carboxylic acids is 1. The van der Waals surface area contributed by atoms with Crippen molar-refractivity contribution in [1.29, 1.82) is 0 Å². The summed E-state index contributed by atoms with van der Waals surface area (Å²) >= 11 is 5.49. The van der Waals surface area contributed by atoms with E-state index < -0.39 is 6.10 Å². The van der Waals surface area contributed by atoms with Crippen molar-refractivity contribution in [2.45, 2.75) is 13.0 Å². The molecule has 0 fully saturated rings. The number of nitrogen functional groups attached to an aromatic ring is 1. The summed E-state index contributed by atoms with van der Waals surface area (Å²) in [6.45, 7) is 2.14. The fourth-order valence-corrected chi connectivity index (χ4v) is 1.84. The molecule has 0 spiro atoms. The van der Waals surface area contributed by atoms with Crippen molar-refractivity contribution in [3.63, 3.8) is 0 Å². The van der Waals surface area contributed by atoms with E-state index in [2.05, 4.69) is 0 Å². The van der Waals surface area contributed by atoms with E-state index in [0.717, 1.165) is 5.69 Å². The second-order valence-corrected chi connectivity index (χ2v) is 4.05. The molecule has 2 N–H and O–H groups in total. The second-order valence-electron chi connectivity index (χ2n) is 3.80. The van der Waals surface area contributed by atoms with Gasteiger partial charge in [-0.25, -0.2) is 0 Å². The third-order valence-corrected chi connectivity index (χ3v) is 2.75. The maximum Gasteiger partial charge on any atom is 0.268 e. The minimum Gasteiger partial charge on any atom is -0.479 e.